The van der Waals surface area contributed by atoms with E-state index in [1.54, 1.807) is 66.7 Å². The van der Waals surface area contributed by atoms with E-state index in [9.17, 15) is 19.8 Å². The lowest BCUT2D eigenvalue weighted by atomic mass is 10.0. The summed E-state index contributed by atoms with van der Waals surface area (Å²) < 4.78 is 0. The Morgan fingerprint density at radius 1 is 0.607 bits per heavy atom. The average molecular weight is 370 g/mol. The van der Waals surface area contributed by atoms with Crippen molar-refractivity contribution in [3.8, 4) is 11.5 Å². The normalized spacial score (nSPS) is 11.1. The predicted molar refractivity (Wildman–Crippen MR) is 109 cm³/mol. The molecule has 3 rings (SSSR count). The summed E-state index contributed by atoms with van der Waals surface area (Å²) in [4.78, 5) is 24.8. The third-order valence-corrected chi connectivity index (χ3v) is 4.13. The molecule has 0 spiro atoms. The maximum Gasteiger partial charge on any atom is 0.185 e. The minimum Gasteiger partial charge on any atom is -0.507 e. The van der Waals surface area contributed by atoms with Gasteiger partial charge < -0.3 is 10.2 Å². The van der Waals surface area contributed by atoms with Crippen LogP contribution in [-0.2, 0) is 0 Å². The molecule has 0 fully saturated rings. The van der Waals surface area contributed by atoms with Gasteiger partial charge in [-0.2, -0.15) is 0 Å². The zero-order chi connectivity index (χ0) is 19.9. The van der Waals surface area contributed by atoms with Gasteiger partial charge in [0, 0.05) is 22.3 Å². The van der Waals surface area contributed by atoms with Crippen molar-refractivity contribution in [2.75, 3.05) is 0 Å². The van der Waals surface area contributed by atoms with E-state index >= 15 is 0 Å². The highest BCUT2D eigenvalue weighted by Gasteiger charge is 2.08. The number of carbonyl (C=O) groups excluding carboxylic acids is 2. The zero-order valence-corrected chi connectivity index (χ0v) is 14.9. The molecule has 138 valence electrons. The molecule has 3 aromatic rings. The molecule has 0 aromatic heterocycles. The second-order valence-corrected chi connectivity index (χ2v) is 6.09. The number of aromatic hydroxyl groups is 2. The molecule has 0 saturated heterocycles. The fourth-order valence-electron chi connectivity index (χ4n) is 2.61. The van der Waals surface area contributed by atoms with Crippen molar-refractivity contribution in [1.29, 1.82) is 0 Å². The number of benzene rings is 3. The average Bonchev–Trinajstić information content (AvgIpc) is 2.72. The number of phenols is 2. The van der Waals surface area contributed by atoms with Crippen LogP contribution in [0.3, 0.4) is 0 Å². The summed E-state index contributed by atoms with van der Waals surface area (Å²) in [5.74, 6) is -0.375. The topological polar surface area (TPSA) is 74.6 Å². The third kappa shape index (κ3) is 4.62. The van der Waals surface area contributed by atoms with Crippen LogP contribution >= 0.6 is 0 Å². The van der Waals surface area contributed by atoms with E-state index in [-0.39, 0.29) is 23.1 Å². The van der Waals surface area contributed by atoms with Crippen LogP contribution in [-0.4, -0.2) is 21.8 Å². The summed E-state index contributed by atoms with van der Waals surface area (Å²) in [6, 6.07) is 19.8. The maximum atomic E-state index is 12.4. The molecule has 0 saturated carbocycles. The van der Waals surface area contributed by atoms with E-state index in [0.29, 0.717) is 22.3 Å². The summed E-state index contributed by atoms with van der Waals surface area (Å²) in [6.07, 6.45) is 5.78. The van der Waals surface area contributed by atoms with Gasteiger partial charge in [0.1, 0.15) is 11.5 Å². The molecular formula is C24H18O4. The Bertz CT molecular complexity index is 994. The summed E-state index contributed by atoms with van der Waals surface area (Å²) in [5, 5.41) is 19.5. The lowest BCUT2D eigenvalue weighted by molar-refractivity contribution is 0.104. The Hall–Kier alpha value is -3.92. The third-order valence-electron chi connectivity index (χ3n) is 4.13. The van der Waals surface area contributed by atoms with E-state index in [4.69, 9.17) is 0 Å². The predicted octanol–water partition coefficient (Wildman–Crippen LogP) is 4.89. The number of ketones is 2. The lowest BCUT2D eigenvalue weighted by Crippen LogP contribution is -1.99. The second-order valence-electron chi connectivity index (χ2n) is 6.09. The molecule has 0 aliphatic carbocycles. The number of hydrogen-bond acceptors (Lipinski definition) is 4. The van der Waals surface area contributed by atoms with Crippen LogP contribution < -0.4 is 0 Å². The largest absolute Gasteiger partial charge is 0.507 e. The summed E-state index contributed by atoms with van der Waals surface area (Å²) in [7, 11) is 0. The van der Waals surface area contributed by atoms with Gasteiger partial charge in [0.05, 0.1) is 0 Å². The van der Waals surface area contributed by atoms with Gasteiger partial charge in [0.2, 0.25) is 0 Å². The molecule has 0 radical (unpaired) electrons. The number of carbonyl (C=O) groups is 2. The molecule has 0 atom stereocenters. The Morgan fingerprint density at radius 2 is 1.04 bits per heavy atom. The zero-order valence-electron chi connectivity index (χ0n) is 14.9. The van der Waals surface area contributed by atoms with Crippen LogP contribution in [0.2, 0.25) is 0 Å². The first-order valence-corrected chi connectivity index (χ1v) is 8.65. The van der Waals surface area contributed by atoms with E-state index in [0.717, 1.165) is 0 Å². The molecule has 28 heavy (non-hydrogen) atoms. The molecule has 4 nitrogen and oxygen atoms in total. The summed E-state index contributed by atoms with van der Waals surface area (Å²) in [5.41, 5.74) is 1.81. The van der Waals surface area contributed by atoms with E-state index in [1.165, 1.54) is 30.4 Å². The van der Waals surface area contributed by atoms with Gasteiger partial charge in [-0.15, -0.1) is 0 Å². The minimum absolute atomic E-state index is 0.0878. The van der Waals surface area contributed by atoms with E-state index in [2.05, 4.69) is 0 Å². The van der Waals surface area contributed by atoms with Crippen LogP contribution in [0.1, 0.15) is 31.8 Å². The van der Waals surface area contributed by atoms with Crippen molar-refractivity contribution in [2.45, 2.75) is 0 Å². The van der Waals surface area contributed by atoms with Crippen molar-refractivity contribution >= 4 is 23.7 Å². The molecule has 4 heteroatoms. The molecule has 2 N–H and O–H groups in total. The number of allylic oxidation sites excluding steroid dienone is 2. The van der Waals surface area contributed by atoms with Crippen molar-refractivity contribution < 1.29 is 19.8 Å². The lowest BCUT2D eigenvalue weighted by Gasteiger charge is -2.01. The highest BCUT2D eigenvalue weighted by Crippen LogP contribution is 2.19. The maximum absolute atomic E-state index is 12.4. The van der Waals surface area contributed by atoms with E-state index < -0.39 is 0 Å². The molecule has 0 aliphatic rings. The Balaban J connectivity index is 1.76. The first-order valence-electron chi connectivity index (χ1n) is 8.65. The van der Waals surface area contributed by atoms with Crippen molar-refractivity contribution in [2.24, 2.45) is 0 Å². The Kier molecular flexibility index (Phi) is 5.82. The first kappa shape index (κ1) is 18.9. The smallest absolute Gasteiger partial charge is 0.185 e. The highest BCUT2D eigenvalue weighted by molar-refractivity contribution is 6.11. The Labute approximate surface area is 162 Å². The summed E-state index contributed by atoms with van der Waals surface area (Å²) in [6.45, 7) is 0. The molecular weight excluding hydrogens is 352 g/mol. The fraction of sp³-hybridized carbons (Fsp3) is 0. The SMILES string of the molecule is O=C(C=Cc1ccccc1O)c1cccc(C(=O)C=Cc2ccccc2O)c1. The van der Waals surface area contributed by atoms with Gasteiger partial charge in [-0.05, 0) is 42.5 Å². The van der Waals surface area contributed by atoms with Crippen LogP contribution in [0, 0.1) is 0 Å². The molecule has 3 aromatic carbocycles. The van der Waals surface area contributed by atoms with Crippen molar-refractivity contribution in [3.63, 3.8) is 0 Å². The van der Waals surface area contributed by atoms with E-state index in [1.807, 2.05) is 0 Å². The minimum atomic E-state index is -0.275. The summed E-state index contributed by atoms with van der Waals surface area (Å²) >= 11 is 0. The highest BCUT2D eigenvalue weighted by atomic mass is 16.3. The fourth-order valence-corrected chi connectivity index (χ4v) is 2.61. The number of rotatable bonds is 6. The van der Waals surface area contributed by atoms with Gasteiger partial charge in [0.15, 0.2) is 11.6 Å². The monoisotopic (exact) mass is 370 g/mol. The molecule has 0 bridgehead atoms. The molecule has 0 heterocycles. The molecule has 0 aliphatic heterocycles. The Morgan fingerprint density at radius 3 is 1.46 bits per heavy atom. The number of para-hydroxylation sites is 2. The van der Waals surface area contributed by atoms with Gasteiger partial charge in [-0.1, -0.05) is 54.6 Å². The van der Waals surface area contributed by atoms with Crippen LogP contribution in [0.15, 0.2) is 84.9 Å². The number of phenolic OH excluding ortho intramolecular Hbond substituents is 2. The van der Waals surface area contributed by atoms with Crippen LogP contribution in [0.5, 0.6) is 11.5 Å². The second kappa shape index (κ2) is 8.64. The van der Waals surface area contributed by atoms with Gasteiger partial charge in [-0.25, -0.2) is 0 Å². The quantitative estimate of drug-likeness (QED) is 0.478. The number of hydrogen-bond donors (Lipinski definition) is 2. The van der Waals surface area contributed by atoms with Crippen LogP contribution in [0.25, 0.3) is 12.2 Å². The van der Waals surface area contributed by atoms with Crippen molar-refractivity contribution in [1.82, 2.24) is 0 Å². The molecule has 0 unspecified atom stereocenters. The standard InChI is InChI=1S/C24H18O4/c25-21-10-3-1-6-17(21)12-14-23(27)19-8-5-9-20(16-19)24(28)15-13-18-7-2-4-11-22(18)26/h1-16,25-26H. The van der Waals surface area contributed by atoms with Crippen molar-refractivity contribution in [3.05, 3.63) is 107 Å². The molecule has 0 amide bonds. The van der Waals surface area contributed by atoms with Crippen LogP contribution in [0.4, 0.5) is 0 Å². The van der Waals surface area contributed by atoms with Gasteiger partial charge in [0.25, 0.3) is 0 Å². The van der Waals surface area contributed by atoms with Gasteiger partial charge in [-0.3, -0.25) is 9.59 Å². The van der Waals surface area contributed by atoms with Gasteiger partial charge >= 0.3 is 0 Å². The first-order chi connectivity index (χ1) is 13.5.